The SMILES string of the molecule is O=[N+]([O-])c1ccc2nc3n(c2c1)CCN(Cc1ccccn1)S3(=O)=O. The van der Waals surface area contributed by atoms with Crippen LogP contribution in [0.2, 0.25) is 0 Å². The summed E-state index contributed by atoms with van der Waals surface area (Å²) in [5, 5.41) is 10.9. The van der Waals surface area contributed by atoms with Gasteiger partial charge < -0.3 is 4.57 Å². The lowest BCUT2D eigenvalue weighted by atomic mass is 10.3. The van der Waals surface area contributed by atoms with Gasteiger partial charge in [-0.3, -0.25) is 15.1 Å². The Labute approximate surface area is 142 Å². The van der Waals surface area contributed by atoms with E-state index in [2.05, 4.69) is 9.97 Å². The Morgan fingerprint density at radius 1 is 1.20 bits per heavy atom. The molecule has 3 aromatic rings. The molecule has 1 aromatic carbocycles. The van der Waals surface area contributed by atoms with Gasteiger partial charge in [0.05, 0.1) is 28.2 Å². The second kappa shape index (κ2) is 5.60. The third-order valence-electron chi connectivity index (χ3n) is 4.12. The lowest BCUT2D eigenvalue weighted by Crippen LogP contribution is -2.39. The van der Waals surface area contributed by atoms with Crippen LogP contribution >= 0.6 is 0 Å². The highest BCUT2D eigenvalue weighted by Crippen LogP contribution is 2.29. The number of nitro benzene ring substituents is 1. The molecule has 0 saturated heterocycles. The van der Waals surface area contributed by atoms with Crippen molar-refractivity contribution in [2.45, 2.75) is 18.2 Å². The van der Waals surface area contributed by atoms with Crippen molar-refractivity contribution in [3.63, 3.8) is 0 Å². The van der Waals surface area contributed by atoms with Crippen molar-refractivity contribution in [1.82, 2.24) is 18.8 Å². The van der Waals surface area contributed by atoms with Crippen molar-refractivity contribution in [2.24, 2.45) is 0 Å². The van der Waals surface area contributed by atoms with E-state index in [1.165, 1.54) is 27.1 Å². The molecule has 0 aliphatic carbocycles. The summed E-state index contributed by atoms with van der Waals surface area (Å²) in [7, 11) is -3.80. The summed E-state index contributed by atoms with van der Waals surface area (Å²) in [6, 6.07) is 9.47. The minimum Gasteiger partial charge on any atom is -0.312 e. The fraction of sp³-hybridized carbons (Fsp3) is 0.200. The normalized spacial score (nSPS) is 16.6. The van der Waals surface area contributed by atoms with E-state index in [4.69, 9.17) is 0 Å². The summed E-state index contributed by atoms with van der Waals surface area (Å²) < 4.78 is 28.6. The molecule has 0 unspecified atom stereocenters. The number of rotatable bonds is 3. The van der Waals surface area contributed by atoms with Crippen LogP contribution in [0.3, 0.4) is 0 Å². The van der Waals surface area contributed by atoms with Crippen molar-refractivity contribution in [3.05, 3.63) is 58.4 Å². The molecule has 4 rings (SSSR count). The molecule has 0 saturated carbocycles. The average molecular weight is 359 g/mol. The molecular formula is C15H13N5O4S. The second-order valence-electron chi connectivity index (χ2n) is 5.64. The number of fused-ring (bicyclic) bond motifs is 3. The first-order valence-corrected chi connectivity index (χ1v) is 8.95. The van der Waals surface area contributed by atoms with E-state index in [1.807, 2.05) is 0 Å². The minimum absolute atomic E-state index is 0.0924. The van der Waals surface area contributed by atoms with Gasteiger partial charge in [0.15, 0.2) is 0 Å². The molecule has 0 spiro atoms. The zero-order chi connectivity index (χ0) is 17.6. The van der Waals surface area contributed by atoms with Crippen LogP contribution in [0.1, 0.15) is 5.69 Å². The standard InChI is InChI=1S/C15H13N5O4S/c21-20(22)12-4-5-13-14(9-12)19-8-7-18(25(23,24)15(19)17-13)10-11-3-1-2-6-16-11/h1-6,9H,7-8,10H2. The quantitative estimate of drug-likeness (QED) is 0.518. The monoisotopic (exact) mass is 359 g/mol. The van der Waals surface area contributed by atoms with Gasteiger partial charge in [-0.25, -0.2) is 13.4 Å². The summed E-state index contributed by atoms with van der Waals surface area (Å²) in [6.07, 6.45) is 1.61. The summed E-state index contributed by atoms with van der Waals surface area (Å²) in [4.78, 5) is 18.8. The molecule has 2 aromatic heterocycles. The van der Waals surface area contributed by atoms with Crippen LogP contribution in [-0.4, -0.2) is 38.7 Å². The largest absolute Gasteiger partial charge is 0.312 e. The molecular weight excluding hydrogens is 346 g/mol. The lowest BCUT2D eigenvalue weighted by Gasteiger charge is -2.26. The van der Waals surface area contributed by atoms with E-state index in [9.17, 15) is 18.5 Å². The van der Waals surface area contributed by atoms with Gasteiger partial charge in [-0.2, -0.15) is 4.31 Å². The van der Waals surface area contributed by atoms with Gasteiger partial charge in [0.2, 0.25) is 5.16 Å². The van der Waals surface area contributed by atoms with Gasteiger partial charge in [-0.15, -0.1) is 0 Å². The van der Waals surface area contributed by atoms with E-state index in [-0.39, 0.29) is 23.9 Å². The van der Waals surface area contributed by atoms with Crippen LogP contribution in [0.5, 0.6) is 0 Å². The number of benzene rings is 1. The number of non-ortho nitro benzene ring substituents is 1. The third kappa shape index (κ3) is 2.55. The first-order chi connectivity index (χ1) is 12.0. The minimum atomic E-state index is -3.80. The summed E-state index contributed by atoms with van der Waals surface area (Å²) in [5.41, 5.74) is 1.42. The number of hydrogen-bond acceptors (Lipinski definition) is 6. The zero-order valence-electron chi connectivity index (χ0n) is 12.9. The van der Waals surface area contributed by atoms with Crippen LogP contribution < -0.4 is 0 Å². The lowest BCUT2D eigenvalue weighted by molar-refractivity contribution is -0.384. The highest BCUT2D eigenvalue weighted by atomic mass is 32.2. The molecule has 0 radical (unpaired) electrons. The molecule has 1 aliphatic rings. The van der Waals surface area contributed by atoms with Crippen molar-refractivity contribution >= 4 is 26.7 Å². The Morgan fingerprint density at radius 3 is 2.76 bits per heavy atom. The predicted molar refractivity (Wildman–Crippen MR) is 88.2 cm³/mol. The van der Waals surface area contributed by atoms with Gasteiger partial charge in [-0.1, -0.05) is 6.07 Å². The van der Waals surface area contributed by atoms with Crippen LogP contribution in [0.4, 0.5) is 5.69 Å². The Hall–Kier alpha value is -2.85. The molecule has 3 heterocycles. The van der Waals surface area contributed by atoms with E-state index in [0.29, 0.717) is 23.3 Å². The zero-order valence-corrected chi connectivity index (χ0v) is 13.8. The fourth-order valence-corrected chi connectivity index (χ4v) is 4.44. The molecule has 128 valence electrons. The van der Waals surface area contributed by atoms with Crippen LogP contribution in [0, 0.1) is 10.1 Å². The van der Waals surface area contributed by atoms with Crippen LogP contribution in [-0.2, 0) is 23.1 Å². The smallest absolute Gasteiger partial charge is 0.277 e. The van der Waals surface area contributed by atoms with Crippen LogP contribution in [0.15, 0.2) is 47.8 Å². The number of nitro groups is 1. The Bertz CT molecular complexity index is 1080. The van der Waals surface area contributed by atoms with E-state index < -0.39 is 14.9 Å². The van der Waals surface area contributed by atoms with E-state index >= 15 is 0 Å². The predicted octanol–water partition coefficient (Wildman–Crippen LogP) is 1.54. The average Bonchev–Trinajstić information content (AvgIpc) is 2.98. The van der Waals surface area contributed by atoms with Crippen molar-refractivity contribution in [3.8, 4) is 0 Å². The molecule has 0 atom stereocenters. The molecule has 0 N–H and O–H groups in total. The number of hydrogen-bond donors (Lipinski definition) is 0. The molecule has 25 heavy (non-hydrogen) atoms. The first kappa shape index (κ1) is 15.7. The van der Waals surface area contributed by atoms with Crippen molar-refractivity contribution in [1.29, 1.82) is 0 Å². The number of aromatic nitrogens is 3. The Morgan fingerprint density at radius 2 is 2.04 bits per heavy atom. The maximum Gasteiger partial charge on any atom is 0.277 e. The maximum absolute atomic E-state index is 12.9. The molecule has 9 nitrogen and oxygen atoms in total. The second-order valence-corrected chi connectivity index (χ2v) is 7.47. The molecule has 10 heteroatoms. The molecule has 0 amide bonds. The van der Waals surface area contributed by atoms with Gasteiger partial charge in [0.1, 0.15) is 0 Å². The van der Waals surface area contributed by atoms with Gasteiger partial charge in [0.25, 0.3) is 15.7 Å². The van der Waals surface area contributed by atoms with Gasteiger partial charge >= 0.3 is 0 Å². The van der Waals surface area contributed by atoms with Crippen LogP contribution in [0.25, 0.3) is 11.0 Å². The van der Waals surface area contributed by atoms with Gasteiger partial charge in [-0.05, 0) is 18.2 Å². The van der Waals surface area contributed by atoms with Gasteiger partial charge in [0, 0.05) is 31.4 Å². The summed E-state index contributed by atoms with van der Waals surface area (Å²) in [6.45, 7) is 0.783. The first-order valence-electron chi connectivity index (χ1n) is 7.51. The number of nitrogens with zero attached hydrogens (tertiary/aromatic N) is 5. The van der Waals surface area contributed by atoms with E-state index in [1.54, 1.807) is 24.4 Å². The highest BCUT2D eigenvalue weighted by Gasteiger charge is 2.35. The fourth-order valence-electron chi connectivity index (χ4n) is 2.90. The maximum atomic E-state index is 12.9. The third-order valence-corrected chi connectivity index (χ3v) is 5.88. The Balaban J connectivity index is 1.78. The van der Waals surface area contributed by atoms with E-state index in [0.717, 1.165) is 0 Å². The van der Waals surface area contributed by atoms with Crippen molar-refractivity contribution in [2.75, 3.05) is 6.54 Å². The highest BCUT2D eigenvalue weighted by molar-refractivity contribution is 7.89. The topological polar surface area (TPSA) is 111 Å². The summed E-state index contributed by atoms with van der Waals surface area (Å²) in [5.74, 6) is 0. The molecule has 1 aliphatic heterocycles. The summed E-state index contributed by atoms with van der Waals surface area (Å²) >= 11 is 0. The number of pyridine rings is 1. The molecule has 0 fully saturated rings. The molecule has 0 bridgehead atoms. The number of sulfonamides is 1. The number of imidazole rings is 1. The Kier molecular flexibility index (Phi) is 3.51. The van der Waals surface area contributed by atoms with Crippen molar-refractivity contribution < 1.29 is 13.3 Å².